The number of rotatable bonds is 14. The van der Waals surface area contributed by atoms with Crippen molar-refractivity contribution in [1.82, 2.24) is 5.32 Å². The zero-order valence-corrected chi connectivity index (χ0v) is 22.9. The molecule has 1 aliphatic rings. The van der Waals surface area contributed by atoms with Crippen LogP contribution >= 0.6 is 20.0 Å². The van der Waals surface area contributed by atoms with E-state index < -0.39 is 25.8 Å². The summed E-state index contributed by atoms with van der Waals surface area (Å²) in [4.78, 5) is 8.45. The lowest BCUT2D eigenvalue weighted by Crippen LogP contribution is -2.29. The first-order chi connectivity index (χ1) is 18.1. The molecule has 0 saturated heterocycles. The Hall–Kier alpha value is -1.58. The third-order valence-electron chi connectivity index (χ3n) is 7.04. The Morgan fingerprint density at radius 1 is 1.03 bits per heavy atom. The average molecular weight is 579 g/mol. The SMILES string of the molecule is O=[P+](O)OCCCNCc1cc(C(F)(F)F)c(SCCCCC2(c3ccc(F)cc3)CCCCC2)cc1F. The molecule has 1 unspecified atom stereocenters. The standard InChI is InChI=1S/C27H33F5NO3PS/c28-22-9-7-21(8-10-22)26(11-2-1-3-12-26)13-4-5-16-38-25-18-24(29)20(17-23(25)27(30,31)32)19-33-14-6-15-36-37(34)35/h7-10,17-18,33H,1-6,11-16,19H2/p+1. The van der Waals surface area contributed by atoms with Crippen molar-refractivity contribution in [2.24, 2.45) is 0 Å². The second-order valence-electron chi connectivity index (χ2n) is 9.69. The van der Waals surface area contributed by atoms with Crippen LogP contribution in [-0.4, -0.2) is 23.8 Å². The third-order valence-corrected chi connectivity index (χ3v) is 8.59. The monoisotopic (exact) mass is 578 g/mol. The van der Waals surface area contributed by atoms with Gasteiger partial charge in [0, 0.05) is 21.6 Å². The maximum Gasteiger partial charge on any atom is 0.694 e. The maximum absolute atomic E-state index is 14.6. The van der Waals surface area contributed by atoms with E-state index in [2.05, 4.69) is 9.84 Å². The van der Waals surface area contributed by atoms with Crippen LogP contribution in [0.5, 0.6) is 0 Å². The summed E-state index contributed by atoms with van der Waals surface area (Å²) in [5.41, 5.74) is 0.176. The van der Waals surface area contributed by atoms with Gasteiger partial charge in [-0.15, -0.1) is 21.2 Å². The van der Waals surface area contributed by atoms with Gasteiger partial charge in [-0.05, 0) is 79.6 Å². The first-order valence-electron chi connectivity index (χ1n) is 12.9. The molecule has 11 heteroatoms. The molecule has 1 atom stereocenters. The van der Waals surface area contributed by atoms with Crippen LogP contribution in [0.2, 0.25) is 0 Å². The molecule has 0 aromatic heterocycles. The van der Waals surface area contributed by atoms with E-state index in [4.69, 9.17) is 4.89 Å². The number of nitrogens with one attached hydrogen (secondary N) is 1. The van der Waals surface area contributed by atoms with Gasteiger partial charge in [-0.1, -0.05) is 37.8 Å². The summed E-state index contributed by atoms with van der Waals surface area (Å²) in [5, 5.41) is 2.83. The van der Waals surface area contributed by atoms with E-state index in [0.29, 0.717) is 25.1 Å². The molecule has 0 heterocycles. The van der Waals surface area contributed by atoms with Crippen molar-refractivity contribution in [1.29, 1.82) is 0 Å². The summed E-state index contributed by atoms with van der Waals surface area (Å²) in [6.45, 7) is 0.200. The van der Waals surface area contributed by atoms with Crippen LogP contribution < -0.4 is 5.32 Å². The molecule has 2 aromatic carbocycles. The van der Waals surface area contributed by atoms with E-state index in [0.717, 1.165) is 68.0 Å². The summed E-state index contributed by atoms with van der Waals surface area (Å²) in [7, 11) is -2.70. The smallest absolute Gasteiger partial charge is 0.312 e. The van der Waals surface area contributed by atoms with Crippen molar-refractivity contribution in [3.05, 3.63) is 64.7 Å². The number of halogens is 5. The molecule has 1 fully saturated rings. The fourth-order valence-corrected chi connectivity index (χ4v) is 6.47. The van der Waals surface area contributed by atoms with Crippen LogP contribution in [0, 0.1) is 11.6 Å². The molecule has 0 spiro atoms. The van der Waals surface area contributed by atoms with Gasteiger partial charge in [0.05, 0.1) is 5.56 Å². The minimum atomic E-state index is -4.61. The Morgan fingerprint density at radius 2 is 1.74 bits per heavy atom. The molecule has 3 rings (SSSR count). The maximum atomic E-state index is 14.6. The van der Waals surface area contributed by atoms with Gasteiger partial charge in [-0.3, -0.25) is 0 Å². The second-order valence-corrected chi connectivity index (χ2v) is 11.6. The normalized spacial score (nSPS) is 16.0. The van der Waals surface area contributed by atoms with Gasteiger partial charge in [0.2, 0.25) is 0 Å². The largest absolute Gasteiger partial charge is 0.694 e. The molecule has 2 aromatic rings. The highest BCUT2D eigenvalue weighted by Gasteiger charge is 2.35. The van der Waals surface area contributed by atoms with E-state index >= 15 is 0 Å². The fraction of sp³-hybridized carbons (Fsp3) is 0.556. The number of thioether (sulfide) groups is 1. The molecule has 1 saturated carbocycles. The third kappa shape index (κ3) is 9.26. The fourth-order valence-electron chi connectivity index (χ4n) is 5.10. The van der Waals surface area contributed by atoms with E-state index in [1.807, 2.05) is 12.1 Å². The van der Waals surface area contributed by atoms with Crippen LogP contribution in [0.3, 0.4) is 0 Å². The van der Waals surface area contributed by atoms with Crippen LogP contribution in [0.25, 0.3) is 0 Å². The second kappa shape index (κ2) is 14.7. The minimum Gasteiger partial charge on any atom is -0.312 e. The van der Waals surface area contributed by atoms with Crippen molar-refractivity contribution in [2.75, 3.05) is 18.9 Å². The minimum absolute atomic E-state index is 0.00951. The molecule has 210 valence electrons. The molecule has 0 amide bonds. The average Bonchev–Trinajstić information content (AvgIpc) is 2.87. The number of alkyl halides is 3. The van der Waals surface area contributed by atoms with Crippen molar-refractivity contribution < 1.29 is 35.9 Å². The molecule has 0 radical (unpaired) electrons. The number of unbranched alkanes of at least 4 members (excludes halogenated alkanes) is 1. The van der Waals surface area contributed by atoms with Gasteiger partial charge >= 0.3 is 14.4 Å². The molecular formula is C27H34F5NO3PS+. The lowest BCUT2D eigenvalue weighted by molar-refractivity contribution is -0.139. The summed E-state index contributed by atoms with van der Waals surface area (Å²) in [6.07, 6.45) is 3.60. The van der Waals surface area contributed by atoms with Crippen LogP contribution in [0.15, 0.2) is 41.3 Å². The molecule has 2 N–H and O–H groups in total. The lowest BCUT2D eigenvalue weighted by atomic mass is 9.67. The molecule has 38 heavy (non-hydrogen) atoms. The summed E-state index contributed by atoms with van der Waals surface area (Å²) in [5.74, 6) is -0.537. The van der Waals surface area contributed by atoms with Crippen LogP contribution in [0.1, 0.15) is 74.5 Å². The quantitative estimate of drug-likeness (QED) is 0.102. The van der Waals surface area contributed by atoms with E-state index in [1.54, 1.807) is 0 Å². The number of hydrogen-bond acceptors (Lipinski definition) is 4. The number of hydrogen-bond donors (Lipinski definition) is 2. The predicted molar refractivity (Wildman–Crippen MR) is 139 cm³/mol. The summed E-state index contributed by atoms with van der Waals surface area (Å²) in [6, 6.07) is 8.51. The molecule has 1 aliphatic carbocycles. The van der Waals surface area contributed by atoms with Gasteiger partial charge in [-0.2, -0.15) is 13.2 Å². The van der Waals surface area contributed by atoms with Crippen LogP contribution in [-0.2, 0) is 27.2 Å². The summed E-state index contributed by atoms with van der Waals surface area (Å²) >= 11 is 1.02. The first kappa shape index (κ1) is 31.0. The highest BCUT2D eigenvalue weighted by Crippen LogP contribution is 2.44. The Kier molecular flexibility index (Phi) is 12.0. The first-order valence-corrected chi connectivity index (χ1v) is 15.0. The van der Waals surface area contributed by atoms with E-state index in [-0.39, 0.29) is 34.8 Å². The summed E-state index contributed by atoms with van der Waals surface area (Å²) < 4.78 is 84.3. The topological polar surface area (TPSA) is 58.6 Å². The Balaban J connectivity index is 1.56. The van der Waals surface area contributed by atoms with E-state index in [9.17, 15) is 26.5 Å². The molecule has 0 aliphatic heterocycles. The molecule has 0 bridgehead atoms. The highest BCUT2D eigenvalue weighted by atomic mass is 32.2. The van der Waals surface area contributed by atoms with Crippen molar-refractivity contribution >= 4 is 20.0 Å². The van der Waals surface area contributed by atoms with Gasteiger partial charge in [0.25, 0.3) is 0 Å². The zero-order chi connectivity index (χ0) is 27.6. The van der Waals surface area contributed by atoms with Crippen molar-refractivity contribution in [3.8, 4) is 0 Å². The molecular weight excluding hydrogens is 544 g/mol. The lowest BCUT2D eigenvalue weighted by Gasteiger charge is -2.38. The van der Waals surface area contributed by atoms with Gasteiger partial charge < -0.3 is 5.32 Å². The van der Waals surface area contributed by atoms with E-state index in [1.165, 1.54) is 18.6 Å². The molecule has 4 nitrogen and oxygen atoms in total. The van der Waals surface area contributed by atoms with Gasteiger partial charge in [0.1, 0.15) is 18.2 Å². The van der Waals surface area contributed by atoms with Gasteiger partial charge in [-0.25, -0.2) is 8.78 Å². The van der Waals surface area contributed by atoms with Crippen molar-refractivity contribution in [2.45, 2.75) is 80.8 Å². The van der Waals surface area contributed by atoms with Crippen LogP contribution in [0.4, 0.5) is 22.0 Å². The van der Waals surface area contributed by atoms with Crippen molar-refractivity contribution in [3.63, 3.8) is 0 Å². The Bertz CT molecular complexity index is 1050. The zero-order valence-electron chi connectivity index (χ0n) is 21.2. The Morgan fingerprint density at radius 3 is 2.39 bits per heavy atom. The van der Waals surface area contributed by atoms with Gasteiger partial charge in [0.15, 0.2) is 0 Å². The number of benzene rings is 2. The highest BCUT2D eigenvalue weighted by molar-refractivity contribution is 7.99. The Labute approximate surface area is 225 Å². The predicted octanol–water partition coefficient (Wildman–Crippen LogP) is 8.29.